The van der Waals surface area contributed by atoms with Gasteiger partial charge in [-0.15, -0.1) is 11.3 Å². The van der Waals surface area contributed by atoms with E-state index in [1.165, 1.54) is 23.5 Å². The van der Waals surface area contributed by atoms with Crippen LogP contribution in [-0.2, 0) is 29.1 Å². The van der Waals surface area contributed by atoms with Gasteiger partial charge in [0, 0.05) is 27.9 Å². The zero-order valence-corrected chi connectivity index (χ0v) is 23.6. The quantitative estimate of drug-likeness (QED) is 0.380. The Balaban J connectivity index is 1.76. The maximum absolute atomic E-state index is 13.1. The minimum atomic E-state index is -3.79. The second-order valence-corrected chi connectivity index (χ2v) is 11.2. The van der Waals surface area contributed by atoms with Crippen molar-refractivity contribution in [3.63, 3.8) is 0 Å². The van der Waals surface area contributed by atoms with Crippen LogP contribution in [0.15, 0.2) is 81.3 Å². The van der Waals surface area contributed by atoms with Gasteiger partial charge in [0.25, 0.3) is 0 Å². The number of aromatic nitrogens is 1. The summed E-state index contributed by atoms with van der Waals surface area (Å²) in [6, 6.07) is 13.7. The van der Waals surface area contributed by atoms with Crippen LogP contribution in [0.2, 0.25) is 0 Å². The van der Waals surface area contributed by atoms with Crippen molar-refractivity contribution in [3.05, 3.63) is 82.0 Å². The number of thiazole rings is 1. The van der Waals surface area contributed by atoms with Crippen molar-refractivity contribution in [3.8, 4) is 21.8 Å². The van der Waals surface area contributed by atoms with E-state index in [4.69, 9.17) is 19.6 Å². The van der Waals surface area contributed by atoms with Gasteiger partial charge in [0.15, 0.2) is 0 Å². The molecular formula is C28H29N3O6S2. The average Bonchev–Trinajstić information content (AvgIpc) is 3.38. The molecule has 0 radical (unpaired) electrons. The number of hydrogen-bond acceptors (Lipinski definition) is 9. The predicted octanol–water partition coefficient (Wildman–Crippen LogP) is 4.49. The molecule has 0 aliphatic carbocycles. The first-order valence-corrected chi connectivity index (χ1v) is 14.7. The smallest absolute Gasteiger partial charge is 0.336 e. The van der Waals surface area contributed by atoms with Crippen LogP contribution in [0.25, 0.3) is 21.8 Å². The number of carbonyl (C=O) groups is 2. The number of carbonyl (C=O) groups excluding carboxylic acids is 2. The largest absolute Gasteiger partial charge is 0.463 e. The van der Waals surface area contributed by atoms with Crippen molar-refractivity contribution in [1.82, 2.24) is 10.3 Å². The molecule has 0 saturated heterocycles. The molecule has 0 saturated carbocycles. The molecule has 0 fully saturated rings. The molecule has 39 heavy (non-hydrogen) atoms. The molecule has 11 heteroatoms. The first-order valence-electron chi connectivity index (χ1n) is 12.3. The fraction of sp³-hybridized carbons (Fsp3) is 0.250. The topological polar surface area (TPSA) is 138 Å². The van der Waals surface area contributed by atoms with E-state index in [0.717, 1.165) is 11.1 Å². The summed E-state index contributed by atoms with van der Waals surface area (Å²) in [5, 5.41) is 10.9. The summed E-state index contributed by atoms with van der Waals surface area (Å²) in [6.07, 6.45) is 0. The zero-order chi connectivity index (χ0) is 28.3. The number of allylic oxidation sites excluding steroid dienone is 2. The maximum atomic E-state index is 13.1. The summed E-state index contributed by atoms with van der Waals surface area (Å²) in [7, 11) is -3.79. The highest BCUT2D eigenvalue weighted by Gasteiger charge is 2.38. The van der Waals surface area contributed by atoms with Crippen molar-refractivity contribution in [2.75, 3.05) is 13.2 Å². The summed E-state index contributed by atoms with van der Waals surface area (Å²) >= 11 is 1.42. The van der Waals surface area contributed by atoms with E-state index < -0.39 is 27.9 Å². The SMILES string of the molecule is CCOC(=O)C1=C(C)NC(C)=C(C(=O)OCC)C1c1cccc(-c2nc(-c3ccc(S(N)(=O)=O)cc3)cs2)c1. The normalized spacial score (nSPS) is 14.3. The predicted molar refractivity (Wildman–Crippen MR) is 149 cm³/mol. The third-order valence-electron chi connectivity index (χ3n) is 6.20. The number of benzene rings is 2. The van der Waals surface area contributed by atoms with Crippen LogP contribution in [0.1, 0.15) is 39.2 Å². The van der Waals surface area contributed by atoms with E-state index in [1.807, 2.05) is 29.6 Å². The number of rotatable bonds is 8. The fourth-order valence-corrected chi connectivity index (χ4v) is 5.83. The van der Waals surface area contributed by atoms with E-state index in [-0.39, 0.29) is 18.1 Å². The lowest BCUT2D eigenvalue weighted by atomic mass is 9.80. The summed E-state index contributed by atoms with van der Waals surface area (Å²) in [4.78, 5) is 30.9. The number of ether oxygens (including phenoxy) is 2. The summed E-state index contributed by atoms with van der Waals surface area (Å²) in [6.45, 7) is 7.41. The van der Waals surface area contributed by atoms with Crippen molar-refractivity contribution in [2.24, 2.45) is 5.14 Å². The number of sulfonamides is 1. The summed E-state index contributed by atoms with van der Waals surface area (Å²) in [5.41, 5.74) is 4.83. The van der Waals surface area contributed by atoms with E-state index in [9.17, 15) is 18.0 Å². The van der Waals surface area contributed by atoms with Gasteiger partial charge in [-0.25, -0.2) is 28.1 Å². The Morgan fingerprint density at radius 3 is 2.08 bits per heavy atom. The lowest BCUT2D eigenvalue weighted by Crippen LogP contribution is -2.32. The number of nitrogens with two attached hydrogens (primary N) is 1. The van der Waals surface area contributed by atoms with E-state index >= 15 is 0 Å². The Labute approximate surface area is 231 Å². The Morgan fingerprint density at radius 2 is 1.54 bits per heavy atom. The number of nitrogens with one attached hydrogen (secondary N) is 1. The van der Waals surface area contributed by atoms with E-state index in [2.05, 4.69) is 5.32 Å². The van der Waals surface area contributed by atoms with Crippen LogP contribution in [0, 0.1) is 0 Å². The number of dihydropyridines is 1. The second kappa shape index (κ2) is 11.5. The number of esters is 2. The molecule has 1 aliphatic rings. The zero-order valence-electron chi connectivity index (χ0n) is 22.0. The third kappa shape index (κ3) is 5.95. The maximum Gasteiger partial charge on any atom is 0.336 e. The standard InChI is InChI=1S/C28H29N3O6S2/c1-5-36-27(32)23-16(3)30-17(4)24(28(33)37-6-2)25(23)19-8-7-9-20(14-19)26-31-22(15-38-26)18-10-12-21(13-11-18)39(29,34)35/h7-15,25,30H,5-6H2,1-4H3,(H2,29,34,35). The van der Waals surface area contributed by atoms with Crippen LogP contribution >= 0.6 is 11.3 Å². The second-order valence-electron chi connectivity index (χ2n) is 8.81. The highest BCUT2D eigenvalue weighted by molar-refractivity contribution is 7.89. The molecule has 4 rings (SSSR count). The van der Waals surface area contributed by atoms with Crippen molar-refractivity contribution < 1.29 is 27.5 Å². The molecule has 0 spiro atoms. The highest BCUT2D eigenvalue weighted by atomic mass is 32.2. The molecule has 0 amide bonds. The molecule has 3 N–H and O–H groups in total. The van der Waals surface area contributed by atoms with Gasteiger partial charge in [0.1, 0.15) is 5.01 Å². The lowest BCUT2D eigenvalue weighted by molar-refractivity contribution is -0.139. The van der Waals surface area contributed by atoms with Crippen LogP contribution in [0.4, 0.5) is 0 Å². The minimum absolute atomic E-state index is 0.0258. The fourth-order valence-electron chi connectivity index (χ4n) is 4.49. The Morgan fingerprint density at radius 1 is 0.949 bits per heavy atom. The molecule has 0 unspecified atom stereocenters. The minimum Gasteiger partial charge on any atom is -0.463 e. The number of hydrogen-bond donors (Lipinski definition) is 2. The monoisotopic (exact) mass is 567 g/mol. The molecule has 2 heterocycles. The van der Waals surface area contributed by atoms with Crippen LogP contribution in [-0.4, -0.2) is 38.6 Å². The van der Waals surface area contributed by atoms with Gasteiger partial charge in [-0.3, -0.25) is 0 Å². The van der Waals surface area contributed by atoms with Gasteiger partial charge in [-0.2, -0.15) is 0 Å². The molecule has 0 atom stereocenters. The molecule has 204 valence electrons. The number of nitrogens with zero attached hydrogens (tertiary/aromatic N) is 1. The third-order valence-corrected chi connectivity index (χ3v) is 8.02. The van der Waals surface area contributed by atoms with Crippen LogP contribution in [0.5, 0.6) is 0 Å². The van der Waals surface area contributed by atoms with Crippen molar-refractivity contribution >= 4 is 33.3 Å². The molecule has 2 aromatic carbocycles. The number of primary sulfonamides is 1. The van der Waals surface area contributed by atoms with Gasteiger partial charge in [0.05, 0.1) is 40.9 Å². The highest BCUT2D eigenvalue weighted by Crippen LogP contribution is 2.41. The Hall–Kier alpha value is -3.80. The molecular weight excluding hydrogens is 538 g/mol. The van der Waals surface area contributed by atoms with Gasteiger partial charge in [0.2, 0.25) is 10.0 Å². The molecule has 1 aromatic heterocycles. The Bertz CT molecular complexity index is 1550. The van der Waals surface area contributed by atoms with Gasteiger partial charge < -0.3 is 14.8 Å². The van der Waals surface area contributed by atoms with Gasteiger partial charge in [-0.1, -0.05) is 30.3 Å². The van der Waals surface area contributed by atoms with E-state index in [0.29, 0.717) is 38.8 Å². The summed E-state index contributed by atoms with van der Waals surface area (Å²) in [5.74, 6) is -1.71. The average molecular weight is 568 g/mol. The lowest BCUT2D eigenvalue weighted by Gasteiger charge is -2.30. The first-order chi connectivity index (χ1) is 18.5. The van der Waals surface area contributed by atoms with Crippen LogP contribution in [0.3, 0.4) is 0 Å². The molecule has 1 aliphatic heterocycles. The Kier molecular flexibility index (Phi) is 8.34. The molecule has 0 bridgehead atoms. The van der Waals surface area contributed by atoms with Gasteiger partial charge in [-0.05, 0) is 51.5 Å². The molecule has 9 nitrogen and oxygen atoms in total. The first kappa shape index (κ1) is 28.2. The van der Waals surface area contributed by atoms with E-state index in [1.54, 1.807) is 39.8 Å². The van der Waals surface area contributed by atoms with Crippen molar-refractivity contribution in [2.45, 2.75) is 38.5 Å². The molecule has 3 aromatic rings. The van der Waals surface area contributed by atoms with Gasteiger partial charge >= 0.3 is 11.9 Å². The summed E-state index contributed by atoms with van der Waals surface area (Å²) < 4.78 is 33.9. The van der Waals surface area contributed by atoms with Crippen LogP contribution < -0.4 is 10.5 Å². The van der Waals surface area contributed by atoms with Crippen molar-refractivity contribution in [1.29, 1.82) is 0 Å².